The van der Waals surface area contributed by atoms with Crippen molar-refractivity contribution in [2.24, 2.45) is 0 Å². The lowest BCUT2D eigenvalue weighted by molar-refractivity contribution is -0.125. The van der Waals surface area contributed by atoms with E-state index in [0.717, 1.165) is 19.3 Å². The molecule has 1 aliphatic carbocycles. The maximum atomic E-state index is 12.5. The Balaban J connectivity index is 1.78. The number of pyridine rings is 1. The predicted octanol–water partition coefficient (Wildman–Crippen LogP) is 0.567. The first-order valence-corrected chi connectivity index (χ1v) is 7.37. The van der Waals surface area contributed by atoms with Gasteiger partial charge in [-0.2, -0.15) is 0 Å². The van der Waals surface area contributed by atoms with E-state index in [9.17, 15) is 14.4 Å². The van der Waals surface area contributed by atoms with Crippen LogP contribution in [0.5, 0.6) is 0 Å². The summed E-state index contributed by atoms with van der Waals surface area (Å²) in [5.41, 5.74) is 0.511. The van der Waals surface area contributed by atoms with Crippen molar-refractivity contribution >= 4 is 11.8 Å². The van der Waals surface area contributed by atoms with Gasteiger partial charge in [-0.1, -0.05) is 0 Å². The standard InChI is InChI=1S/C15H19N3O3/c1-9-7-13(19)11(8-16-9)15(21)18-6-2-3-12(18)14(20)17-10-4-5-10/h7-8,10,12H,2-6H2,1H3,(H,16,19)(H,17,20). The maximum absolute atomic E-state index is 12.5. The van der Waals surface area contributed by atoms with Gasteiger partial charge in [0.25, 0.3) is 5.91 Å². The van der Waals surface area contributed by atoms with Crippen molar-refractivity contribution in [1.82, 2.24) is 15.2 Å². The lowest BCUT2D eigenvalue weighted by Crippen LogP contribution is -2.47. The fourth-order valence-corrected chi connectivity index (χ4v) is 2.70. The minimum Gasteiger partial charge on any atom is -0.364 e. The molecule has 6 nitrogen and oxygen atoms in total. The fourth-order valence-electron chi connectivity index (χ4n) is 2.70. The topological polar surface area (TPSA) is 82.3 Å². The van der Waals surface area contributed by atoms with Gasteiger partial charge >= 0.3 is 0 Å². The van der Waals surface area contributed by atoms with Crippen LogP contribution in [-0.4, -0.2) is 40.3 Å². The second-order valence-corrected chi connectivity index (χ2v) is 5.83. The van der Waals surface area contributed by atoms with Crippen LogP contribution in [0.3, 0.4) is 0 Å². The molecule has 0 radical (unpaired) electrons. The quantitative estimate of drug-likeness (QED) is 0.853. The third-order valence-electron chi connectivity index (χ3n) is 4.03. The molecule has 1 saturated heterocycles. The largest absolute Gasteiger partial charge is 0.364 e. The Morgan fingerprint density at radius 3 is 2.76 bits per heavy atom. The Bertz CT molecular complexity index is 633. The van der Waals surface area contributed by atoms with Gasteiger partial charge in [0.2, 0.25) is 5.91 Å². The highest BCUT2D eigenvalue weighted by Gasteiger charge is 2.37. The zero-order valence-electron chi connectivity index (χ0n) is 12.0. The summed E-state index contributed by atoms with van der Waals surface area (Å²) in [5, 5.41) is 2.94. The van der Waals surface area contributed by atoms with Gasteiger partial charge in [-0.3, -0.25) is 14.4 Å². The summed E-state index contributed by atoms with van der Waals surface area (Å²) >= 11 is 0. The van der Waals surface area contributed by atoms with Crippen molar-refractivity contribution in [2.75, 3.05) is 6.54 Å². The van der Waals surface area contributed by atoms with E-state index in [2.05, 4.69) is 10.3 Å². The molecule has 2 amide bonds. The maximum Gasteiger partial charge on any atom is 0.259 e. The summed E-state index contributed by atoms with van der Waals surface area (Å²) in [6.45, 7) is 2.28. The fraction of sp³-hybridized carbons (Fsp3) is 0.533. The number of rotatable bonds is 3. The van der Waals surface area contributed by atoms with Gasteiger partial charge in [-0.25, -0.2) is 0 Å². The van der Waals surface area contributed by atoms with Gasteiger partial charge in [0.05, 0.1) is 0 Å². The van der Waals surface area contributed by atoms with Gasteiger partial charge in [-0.05, 0) is 32.6 Å². The molecule has 1 aromatic rings. The number of nitrogens with zero attached hydrogens (tertiary/aromatic N) is 1. The van der Waals surface area contributed by atoms with Crippen LogP contribution in [0.1, 0.15) is 41.7 Å². The molecule has 2 aliphatic rings. The van der Waals surface area contributed by atoms with Gasteiger partial charge in [-0.15, -0.1) is 0 Å². The SMILES string of the molecule is Cc1cc(=O)c(C(=O)N2CCCC2C(=O)NC2CC2)c[nH]1. The summed E-state index contributed by atoms with van der Waals surface area (Å²) in [7, 11) is 0. The van der Waals surface area contributed by atoms with Crippen LogP contribution < -0.4 is 10.7 Å². The van der Waals surface area contributed by atoms with Crippen molar-refractivity contribution in [3.05, 3.63) is 33.7 Å². The second-order valence-electron chi connectivity index (χ2n) is 5.83. The van der Waals surface area contributed by atoms with E-state index in [1.165, 1.54) is 17.2 Å². The summed E-state index contributed by atoms with van der Waals surface area (Å²) in [5.74, 6) is -0.448. The van der Waals surface area contributed by atoms with Gasteiger partial charge in [0.1, 0.15) is 11.6 Å². The molecule has 6 heteroatoms. The molecular weight excluding hydrogens is 270 g/mol. The third-order valence-corrected chi connectivity index (χ3v) is 4.03. The molecular formula is C15H19N3O3. The molecule has 0 spiro atoms. The monoisotopic (exact) mass is 289 g/mol. The van der Waals surface area contributed by atoms with E-state index in [0.29, 0.717) is 18.7 Å². The van der Waals surface area contributed by atoms with Crippen LogP contribution in [0, 0.1) is 6.92 Å². The van der Waals surface area contributed by atoms with Gasteiger partial charge in [0.15, 0.2) is 5.43 Å². The number of carbonyl (C=O) groups is 2. The highest BCUT2D eigenvalue weighted by Crippen LogP contribution is 2.23. The van der Waals surface area contributed by atoms with Crippen LogP contribution in [0.4, 0.5) is 0 Å². The molecule has 1 saturated carbocycles. The average molecular weight is 289 g/mol. The molecule has 0 bridgehead atoms. The van der Waals surface area contributed by atoms with E-state index in [1.54, 1.807) is 6.92 Å². The number of carbonyl (C=O) groups excluding carboxylic acids is 2. The molecule has 2 fully saturated rings. The Morgan fingerprint density at radius 2 is 2.10 bits per heavy atom. The van der Waals surface area contributed by atoms with Crippen LogP contribution in [0.25, 0.3) is 0 Å². The Labute approximate surface area is 122 Å². The lowest BCUT2D eigenvalue weighted by Gasteiger charge is -2.23. The molecule has 2 heterocycles. The summed E-state index contributed by atoms with van der Waals surface area (Å²) in [4.78, 5) is 41.1. The van der Waals surface area contributed by atoms with Crippen LogP contribution in [0.2, 0.25) is 0 Å². The zero-order valence-corrected chi connectivity index (χ0v) is 12.0. The number of nitrogens with one attached hydrogen (secondary N) is 2. The van der Waals surface area contributed by atoms with Crippen molar-refractivity contribution in [2.45, 2.75) is 44.7 Å². The van der Waals surface area contributed by atoms with Crippen molar-refractivity contribution < 1.29 is 9.59 Å². The smallest absolute Gasteiger partial charge is 0.259 e. The summed E-state index contributed by atoms with van der Waals surface area (Å²) in [6.07, 6.45) is 4.93. The van der Waals surface area contributed by atoms with Crippen molar-refractivity contribution in [3.63, 3.8) is 0 Å². The highest BCUT2D eigenvalue weighted by molar-refractivity contribution is 5.97. The number of aromatic nitrogens is 1. The second kappa shape index (κ2) is 5.35. The molecule has 3 rings (SSSR count). The summed E-state index contributed by atoms with van der Waals surface area (Å²) < 4.78 is 0. The third kappa shape index (κ3) is 2.84. The van der Waals surface area contributed by atoms with E-state index in [1.807, 2.05) is 0 Å². The van der Waals surface area contributed by atoms with E-state index in [4.69, 9.17) is 0 Å². The first-order valence-electron chi connectivity index (χ1n) is 7.37. The first-order chi connectivity index (χ1) is 10.1. The van der Waals surface area contributed by atoms with Crippen LogP contribution >= 0.6 is 0 Å². The van der Waals surface area contributed by atoms with Gasteiger partial charge < -0.3 is 15.2 Å². The molecule has 21 heavy (non-hydrogen) atoms. The number of aryl methyl sites for hydroxylation is 1. The molecule has 0 aromatic carbocycles. The average Bonchev–Trinajstić information content (AvgIpc) is 3.11. The highest BCUT2D eigenvalue weighted by atomic mass is 16.2. The zero-order chi connectivity index (χ0) is 15.0. The predicted molar refractivity (Wildman–Crippen MR) is 77.0 cm³/mol. The molecule has 112 valence electrons. The van der Waals surface area contributed by atoms with Gasteiger partial charge in [0, 0.05) is 30.5 Å². The molecule has 1 aliphatic heterocycles. The lowest BCUT2D eigenvalue weighted by atomic mass is 10.1. The van der Waals surface area contributed by atoms with Crippen LogP contribution in [-0.2, 0) is 4.79 Å². The Morgan fingerprint density at radius 1 is 1.33 bits per heavy atom. The van der Waals surface area contributed by atoms with E-state index in [-0.39, 0.29) is 28.8 Å². The van der Waals surface area contributed by atoms with E-state index < -0.39 is 6.04 Å². The van der Waals surface area contributed by atoms with Crippen molar-refractivity contribution in [3.8, 4) is 0 Å². The normalized spacial score (nSPS) is 21.4. The Kier molecular flexibility index (Phi) is 3.53. The molecule has 1 aromatic heterocycles. The van der Waals surface area contributed by atoms with E-state index >= 15 is 0 Å². The molecule has 1 unspecified atom stereocenters. The molecule has 1 atom stereocenters. The van der Waals surface area contributed by atoms with Crippen molar-refractivity contribution in [1.29, 1.82) is 0 Å². The minimum atomic E-state index is -0.446. The number of likely N-dealkylation sites (tertiary alicyclic amines) is 1. The Hall–Kier alpha value is -2.11. The first kappa shape index (κ1) is 13.9. The summed E-state index contributed by atoms with van der Waals surface area (Å²) in [6, 6.07) is 1.24. The minimum absolute atomic E-state index is 0.0908. The molecule has 2 N–H and O–H groups in total. The number of amides is 2. The number of H-pyrrole nitrogens is 1. The number of hydrogen-bond acceptors (Lipinski definition) is 3. The number of aromatic amines is 1. The van der Waals surface area contributed by atoms with Crippen LogP contribution in [0.15, 0.2) is 17.1 Å². The number of hydrogen-bond donors (Lipinski definition) is 2.